The lowest BCUT2D eigenvalue weighted by Gasteiger charge is -2.46. The van der Waals surface area contributed by atoms with Gasteiger partial charge in [0.05, 0.1) is 19.8 Å². The first kappa shape index (κ1) is 13.3. The standard InChI is InChI=1S/C14H22N2O2/c1-3-18-12-6-4-11(5-7-12)13(16-2)14(8-15)9-17-10-14/h4-7,13,16H,3,8-10,15H2,1-2H3. The number of ether oxygens (including phenoxy) is 2. The zero-order valence-corrected chi connectivity index (χ0v) is 11.1. The molecule has 0 spiro atoms. The minimum Gasteiger partial charge on any atom is -0.494 e. The first-order valence-corrected chi connectivity index (χ1v) is 6.43. The Bertz CT molecular complexity index is 368. The third-order valence-corrected chi connectivity index (χ3v) is 3.61. The fraction of sp³-hybridized carbons (Fsp3) is 0.571. The molecule has 1 aromatic carbocycles. The SMILES string of the molecule is CCOc1ccc(C(NC)C2(CN)COC2)cc1. The van der Waals surface area contributed by atoms with Crippen molar-refractivity contribution in [2.45, 2.75) is 13.0 Å². The van der Waals surface area contributed by atoms with Crippen molar-refractivity contribution in [3.05, 3.63) is 29.8 Å². The largest absolute Gasteiger partial charge is 0.494 e. The summed E-state index contributed by atoms with van der Waals surface area (Å²) in [4.78, 5) is 0. The molecule has 1 aliphatic rings. The van der Waals surface area contributed by atoms with Crippen molar-refractivity contribution in [3.8, 4) is 5.75 Å². The molecule has 1 saturated heterocycles. The second-order valence-electron chi connectivity index (χ2n) is 4.78. The summed E-state index contributed by atoms with van der Waals surface area (Å²) in [6.07, 6.45) is 0. The molecule has 3 N–H and O–H groups in total. The van der Waals surface area contributed by atoms with Crippen LogP contribution in [-0.2, 0) is 4.74 Å². The van der Waals surface area contributed by atoms with Crippen molar-refractivity contribution < 1.29 is 9.47 Å². The van der Waals surface area contributed by atoms with Crippen molar-refractivity contribution in [1.29, 1.82) is 0 Å². The van der Waals surface area contributed by atoms with Gasteiger partial charge in [-0.15, -0.1) is 0 Å². The number of nitrogens with one attached hydrogen (secondary N) is 1. The highest BCUT2D eigenvalue weighted by Gasteiger charge is 2.44. The van der Waals surface area contributed by atoms with E-state index in [1.807, 2.05) is 26.1 Å². The highest BCUT2D eigenvalue weighted by atomic mass is 16.5. The van der Waals surface area contributed by atoms with E-state index in [4.69, 9.17) is 15.2 Å². The minimum atomic E-state index is 0.0296. The molecule has 4 nitrogen and oxygen atoms in total. The van der Waals surface area contributed by atoms with Gasteiger partial charge in [0.15, 0.2) is 0 Å². The molecular weight excluding hydrogens is 228 g/mol. The molecular formula is C14H22N2O2. The molecule has 0 amide bonds. The van der Waals surface area contributed by atoms with Crippen molar-refractivity contribution in [1.82, 2.24) is 5.32 Å². The smallest absolute Gasteiger partial charge is 0.119 e. The van der Waals surface area contributed by atoms with Gasteiger partial charge >= 0.3 is 0 Å². The number of nitrogens with two attached hydrogens (primary N) is 1. The molecule has 4 heteroatoms. The Morgan fingerprint density at radius 3 is 2.44 bits per heavy atom. The lowest BCUT2D eigenvalue weighted by Crippen LogP contribution is -2.55. The molecule has 1 fully saturated rings. The lowest BCUT2D eigenvalue weighted by atomic mass is 9.75. The topological polar surface area (TPSA) is 56.5 Å². The van der Waals surface area contributed by atoms with Gasteiger partial charge in [0.2, 0.25) is 0 Å². The fourth-order valence-corrected chi connectivity index (χ4v) is 2.52. The van der Waals surface area contributed by atoms with Gasteiger partial charge in [-0.1, -0.05) is 12.1 Å². The zero-order valence-electron chi connectivity index (χ0n) is 11.1. The van der Waals surface area contributed by atoms with Crippen LogP contribution in [0.25, 0.3) is 0 Å². The van der Waals surface area contributed by atoms with Crippen LogP contribution in [-0.4, -0.2) is 33.4 Å². The van der Waals surface area contributed by atoms with E-state index >= 15 is 0 Å². The Morgan fingerprint density at radius 1 is 1.39 bits per heavy atom. The second-order valence-corrected chi connectivity index (χ2v) is 4.78. The van der Waals surface area contributed by atoms with E-state index in [1.54, 1.807) is 0 Å². The molecule has 2 rings (SSSR count). The quantitative estimate of drug-likeness (QED) is 0.799. The van der Waals surface area contributed by atoms with E-state index < -0.39 is 0 Å². The third-order valence-electron chi connectivity index (χ3n) is 3.61. The van der Waals surface area contributed by atoms with Crippen LogP contribution in [0, 0.1) is 5.41 Å². The summed E-state index contributed by atoms with van der Waals surface area (Å²) in [6, 6.07) is 8.44. The van der Waals surface area contributed by atoms with Crippen LogP contribution in [0.3, 0.4) is 0 Å². The maximum atomic E-state index is 5.92. The molecule has 1 aliphatic heterocycles. The monoisotopic (exact) mass is 250 g/mol. The van der Waals surface area contributed by atoms with E-state index in [9.17, 15) is 0 Å². The van der Waals surface area contributed by atoms with Crippen molar-refractivity contribution in [2.75, 3.05) is 33.4 Å². The van der Waals surface area contributed by atoms with Crippen molar-refractivity contribution in [2.24, 2.45) is 11.1 Å². The van der Waals surface area contributed by atoms with Crippen LogP contribution in [0.2, 0.25) is 0 Å². The fourth-order valence-electron chi connectivity index (χ4n) is 2.52. The predicted molar refractivity (Wildman–Crippen MR) is 71.7 cm³/mol. The van der Waals surface area contributed by atoms with Gasteiger partial charge in [0.25, 0.3) is 0 Å². The summed E-state index contributed by atoms with van der Waals surface area (Å²) >= 11 is 0. The Labute approximate surface area is 108 Å². The molecule has 0 radical (unpaired) electrons. The normalized spacial score (nSPS) is 19.1. The molecule has 1 heterocycles. The summed E-state index contributed by atoms with van der Waals surface area (Å²) in [6.45, 7) is 4.75. The Kier molecular flexibility index (Phi) is 4.22. The Balaban J connectivity index is 2.17. The van der Waals surface area contributed by atoms with Gasteiger partial charge in [-0.25, -0.2) is 0 Å². The molecule has 0 aromatic heterocycles. The molecule has 100 valence electrons. The molecule has 18 heavy (non-hydrogen) atoms. The zero-order chi connectivity index (χ0) is 13.0. The van der Waals surface area contributed by atoms with Crippen LogP contribution in [0.5, 0.6) is 5.75 Å². The van der Waals surface area contributed by atoms with Crippen LogP contribution >= 0.6 is 0 Å². The number of hydrogen-bond acceptors (Lipinski definition) is 4. The molecule has 0 bridgehead atoms. The average molecular weight is 250 g/mol. The van der Waals surface area contributed by atoms with Crippen LogP contribution in [0.4, 0.5) is 0 Å². The van der Waals surface area contributed by atoms with E-state index in [-0.39, 0.29) is 11.5 Å². The Morgan fingerprint density at radius 2 is 2.06 bits per heavy atom. The summed E-state index contributed by atoms with van der Waals surface area (Å²) < 4.78 is 10.8. The summed E-state index contributed by atoms with van der Waals surface area (Å²) in [5.74, 6) is 0.905. The summed E-state index contributed by atoms with van der Waals surface area (Å²) in [5, 5.41) is 3.36. The molecule has 0 saturated carbocycles. The molecule has 1 atom stereocenters. The summed E-state index contributed by atoms with van der Waals surface area (Å²) in [5.41, 5.74) is 7.18. The van der Waals surface area contributed by atoms with Gasteiger partial charge in [0, 0.05) is 18.0 Å². The molecule has 1 unspecified atom stereocenters. The average Bonchev–Trinajstić information content (AvgIpc) is 2.35. The maximum Gasteiger partial charge on any atom is 0.119 e. The van der Waals surface area contributed by atoms with E-state index in [0.717, 1.165) is 19.0 Å². The number of rotatable bonds is 6. The first-order chi connectivity index (χ1) is 8.75. The van der Waals surface area contributed by atoms with Gasteiger partial charge in [-0.05, 0) is 31.7 Å². The maximum absolute atomic E-state index is 5.92. The molecule has 1 aromatic rings. The van der Waals surface area contributed by atoms with E-state index in [2.05, 4.69) is 17.4 Å². The first-order valence-electron chi connectivity index (χ1n) is 6.43. The van der Waals surface area contributed by atoms with Crippen LogP contribution < -0.4 is 15.8 Å². The molecule has 0 aliphatic carbocycles. The highest BCUT2D eigenvalue weighted by molar-refractivity contribution is 5.31. The minimum absolute atomic E-state index is 0.0296. The van der Waals surface area contributed by atoms with Gasteiger partial charge < -0.3 is 20.5 Å². The Hall–Kier alpha value is -1.10. The van der Waals surface area contributed by atoms with Gasteiger partial charge in [-0.2, -0.15) is 0 Å². The van der Waals surface area contributed by atoms with Crippen molar-refractivity contribution >= 4 is 0 Å². The predicted octanol–water partition coefficient (Wildman–Crippen LogP) is 1.32. The van der Waals surface area contributed by atoms with Crippen LogP contribution in [0.1, 0.15) is 18.5 Å². The number of benzene rings is 1. The van der Waals surface area contributed by atoms with E-state index in [0.29, 0.717) is 13.2 Å². The van der Waals surface area contributed by atoms with E-state index in [1.165, 1.54) is 5.56 Å². The summed E-state index contributed by atoms with van der Waals surface area (Å²) in [7, 11) is 1.97. The highest BCUT2D eigenvalue weighted by Crippen LogP contribution is 2.39. The third kappa shape index (κ3) is 2.36. The van der Waals surface area contributed by atoms with Gasteiger partial charge in [0.1, 0.15) is 5.75 Å². The number of hydrogen-bond donors (Lipinski definition) is 2. The van der Waals surface area contributed by atoms with Gasteiger partial charge in [-0.3, -0.25) is 0 Å². The van der Waals surface area contributed by atoms with Crippen molar-refractivity contribution in [3.63, 3.8) is 0 Å². The second kappa shape index (κ2) is 5.69. The lowest BCUT2D eigenvalue weighted by molar-refractivity contribution is -0.126. The van der Waals surface area contributed by atoms with Crippen LogP contribution in [0.15, 0.2) is 24.3 Å².